The second-order valence-corrected chi connectivity index (χ2v) is 3.71. The molecule has 3 N–H and O–H groups in total. The summed E-state index contributed by atoms with van der Waals surface area (Å²) in [5.74, 6) is -1.38. The number of phenols is 1. The molecule has 1 rings (SSSR count). The predicted octanol–water partition coefficient (Wildman–Crippen LogP) is 0.150. The molecule has 98 valence electrons. The molecule has 1 atom stereocenters. The third kappa shape index (κ3) is 4.42. The Labute approximate surface area is 104 Å². The summed E-state index contributed by atoms with van der Waals surface area (Å²) < 4.78 is 4.68. The van der Waals surface area contributed by atoms with Crippen molar-refractivity contribution in [2.75, 3.05) is 13.7 Å². The van der Waals surface area contributed by atoms with Crippen molar-refractivity contribution in [2.24, 2.45) is 0 Å². The van der Waals surface area contributed by atoms with Crippen molar-refractivity contribution in [2.45, 2.75) is 12.5 Å². The number of benzene rings is 1. The van der Waals surface area contributed by atoms with Gasteiger partial charge in [0.15, 0.2) is 6.10 Å². The van der Waals surface area contributed by atoms with E-state index in [2.05, 4.69) is 10.1 Å². The molecule has 0 saturated heterocycles. The Morgan fingerprint density at radius 2 is 2.17 bits per heavy atom. The fourth-order valence-corrected chi connectivity index (χ4v) is 1.39. The molecule has 0 fully saturated rings. The molecule has 18 heavy (non-hydrogen) atoms. The van der Waals surface area contributed by atoms with Crippen molar-refractivity contribution in [1.29, 1.82) is 0 Å². The van der Waals surface area contributed by atoms with Gasteiger partial charge < -0.3 is 20.3 Å². The third-order valence-electron chi connectivity index (χ3n) is 2.32. The van der Waals surface area contributed by atoms with Crippen LogP contribution in [0.5, 0.6) is 5.75 Å². The number of carboxylic acid groups (broad SMARTS) is 1. The third-order valence-corrected chi connectivity index (χ3v) is 2.32. The van der Waals surface area contributed by atoms with Gasteiger partial charge in [-0.3, -0.25) is 4.79 Å². The maximum atomic E-state index is 11.5. The van der Waals surface area contributed by atoms with Crippen LogP contribution in [0.25, 0.3) is 0 Å². The molecular weight excluding hydrogens is 238 g/mol. The number of carbonyl (C=O) groups is 2. The molecule has 0 saturated carbocycles. The molecule has 0 radical (unpaired) electrons. The van der Waals surface area contributed by atoms with E-state index in [0.717, 1.165) is 0 Å². The molecule has 1 unspecified atom stereocenters. The molecule has 0 aromatic heterocycles. The standard InChI is InChI=1S/C12H15NO5/c1-18-10(12(16)17)7-13-11(15)6-8-3-2-4-9(14)5-8/h2-5,10,14H,6-7H2,1H3,(H,13,15)(H,16,17). The molecule has 1 aromatic carbocycles. The molecular formula is C12H15NO5. The zero-order chi connectivity index (χ0) is 13.5. The number of phenolic OH excluding ortho intramolecular Hbond substituents is 1. The van der Waals surface area contributed by atoms with Crippen molar-refractivity contribution >= 4 is 11.9 Å². The van der Waals surface area contributed by atoms with Gasteiger partial charge in [0.25, 0.3) is 0 Å². The van der Waals surface area contributed by atoms with Gasteiger partial charge in [-0.15, -0.1) is 0 Å². The molecule has 0 aliphatic carbocycles. The Hall–Kier alpha value is -2.08. The fraction of sp³-hybridized carbons (Fsp3) is 0.333. The first-order chi connectivity index (χ1) is 8.52. The first-order valence-electron chi connectivity index (χ1n) is 5.33. The van der Waals surface area contributed by atoms with E-state index in [9.17, 15) is 14.7 Å². The van der Waals surface area contributed by atoms with E-state index in [1.807, 2.05) is 0 Å². The fourth-order valence-electron chi connectivity index (χ4n) is 1.39. The number of aliphatic carboxylic acids is 1. The zero-order valence-corrected chi connectivity index (χ0v) is 9.92. The van der Waals surface area contributed by atoms with Gasteiger partial charge in [0.2, 0.25) is 5.91 Å². The summed E-state index contributed by atoms with van der Waals surface area (Å²) >= 11 is 0. The van der Waals surface area contributed by atoms with Crippen LogP contribution in [0, 0.1) is 0 Å². The topological polar surface area (TPSA) is 95.9 Å². The zero-order valence-electron chi connectivity index (χ0n) is 9.92. The van der Waals surface area contributed by atoms with Gasteiger partial charge in [0, 0.05) is 7.11 Å². The van der Waals surface area contributed by atoms with Gasteiger partial charge in [-0.1, -0.05) is 12.1 Å². The van der Waals surface area contributed by atoms with Crippen LogP contribution in [-0.2, 0) is 20.7 Å². The number of aromatic hydroxyl groups is 1. The van der Waals surface area contributed by atoms with Crippen molar-refractivity contribution in [3.8, 4) is 5.75 Å². The number of amides is 1. The second-order valence-electron chi connectivity index (χ2n) is 3.71. The van der Waals surface area contributed by atoms with Gasteiger partial charge in [0.1, 0.15) is 5.75 Å². The van der Waals surface area contributed by atoms with Crippen molar-refractivity contribution in [3.05, 3.63) is 29.8 Å². The quantitative estimate of drug-likeness (QED) is 0.670. The minimum atomic E-state index is -1.13. The summed E-state index contributed by atoms with van der Waals surface area (Å²) in [5, 5.41) is 20.4. The molecule has 0 aliphatic heterocycles. The Bertz CT molecular complexity index is 432. The van der Waals surface area contributed by atoms with Crippen molar-refractivity contribution in [3.63, 3.8) is 0 Å². The van der Waals surface area contributed by atoms with Gasteiger partial charge in [-0.05, 0) is 17.7 Å². The summed E-state index contributed by atoms with van der Waals surface area (Å²) in [6, 6.07) is 6.31. The molecule has 1 amide bonds. The maximum Gasteiger partial charge on any atom is 0.334 e. The Balaban J connectivity index is 2.45. The number of rotatable bonds is 6. The Morgan fingerprint density at radius 1 is 1.44 bits per heavy atom. The minimum Gasteiger partial charge on any atom is -0.508 e. The summed E-state index contributed by atoms with van der Waals surface area (Å²) in [6.45, 7) is -0.0938. The first kappa shape index (κ1) is 14.0. The van der Waals surface area contributed by atoms with Gasteiger partial charge in [-0.25, -0.2) is 4.79 Å². The minimum absolute atomic E-state index is 0.0739. The van der Waals surface area contributed by atoms with Crippen molar-refractivity contribution < 1.29 is 24.5 Å². The van der Waals surface area contributed by atoms with E-state index < -0.39 is 12.1 Å². The molecule has 0 spiro atoms. The summed E-state index contributed by atoms with van der Waals surface area (Å²) in [4.78, 5) is 22.2. The van der Waals surface area contributed by atoms with Gasteiger partial charge in [0.05, 0.1) is 13.0 Å². The van der Waals surface area contributed by atoms with Crippen LogP contribution < -0.4 is 5.32 Å². The van der Waals surface area contributed by atoms with Gasteiger partial charge >= 0.3 is 5.97 Å². The number of carbonyl (C=O) groups excluding carboxylic acids is 1. The number of hydrogen-bond donors (Lipinski definition) is 3. The summed E-state index contributed by atoms with van der Waals surface area (Å²) in [5.41, 5.74) is 0.650. The molecule has 1 aromatic rings. The monoisotopic (exact) mass is 253 g/mol. The smallest absolute Gasteiger partial charge is 0.334 e. The van der Waals surface area contributed by atoms with Gasteiger partial charge in [-0.2, -0.15) is 0 Å². The molecule has 6 nitrogen and oxygen atoms in total. The number of hydrogen-bond acceptors (Lipinski definition) is 4. The van der Waals surface area contributed by atoms with E-state index in [1.54, 1.807) is 12.1 Å². The number of nitrogens with one attached hydrogen (secondary N) is 1. The molecule has 0 bridgehead atoms. The SMILES string of the molecule is COC(CNC(=O)Cc1cccc(O)c1)C(=O)O. The highest BCUT2D eigenvalue weighted by atomic mass is 16.5. The number of carboxylic acids is 1. The molecule has 0 aliphatic rings. The second kappa shape index (κ2) is 6.61. The van der Waals surface area contributed by atoms with Crippen LogP contribution in [0.4, 0.5) is 0 Å². The largest absolute Gasteiger partial charge is 0.508 e. The van der Waals surface area contributed by atoms with Crippen LogP contribution in [0.1, 0.15) is 5.56 Å². The number of methoxy groups -OCH3 is 1. The van der Waals surface area contributed by atoms with Crippen LogP contribution in [-0.4, -0.2) is 41.8 Å². The van der Waals surface area contributed by atoms with Crippen LogP contribution in [0.2, 0.25) is 0 Å². The normalized spacial score (nSPS) is 11.8. The highest BCUT2D eigenvalue weighted by Gasteiger charge is 2.17. The van der Waals surface area contributed by atoms with Crippen LogP contribution >= 0.6 is 0 Å². The number of ether oxygens (including phenoxy) is 1. The highest BCUT2D eigenvalue weighted by Crippen LogP contribution is 2.11. The average Bonchev–Trinajstić information content (AvgIpc) is 2.29. The Morgan fingerprint density at radius 3 is 2.72 bits per heavy atom. The van der Waals surface area contributed by atoms with E-state index in [4.69, 9.17) is 5.11 Å². The van der Waals surface area contributed by atoms with Crippen molar-refractivity contribution in [1.82, 2.24) is 5.32 Å². The molecule has 0 heterocycles. The summed E-state index contributed by atoms with van der Waals surface area (Å²) in [6.07, 6.45) is -0.983. The molecule has 6 heteroatoms. The lowest BCUT2D eigenvalue weighted by Gasteiger charge is -2.11. The van der Waals surface area contributed by atoms with E-state index in [-0.39, 0.29) is 24.6 Å². The van der Waals surface area contributed by atoms with E-state index in [1.165, 1.54) is 19.2 Å². The predicted molar refractivity (Wildman–Crippen MR) is 63.3 cm³/mol. The highest BCUT2D eigenvalue weighted by molar-refractivity contribution is 5.80. The lowest BCUT2D eigenvalue weighted by atomic mass is 10.1. The summed E-state index contributed by atoms with van der Waals surface area (Å²) in [7, 11) is 1.26. The lowest BCUT2D eigenvalue weighted by Crippen LogP contribution is -2.38. The lowest BCUT2D eigenvalue weighted by molar-refractivity contribution is -0.148. The van der Waals surface area contributed by atoms with E-state index >= 15 is 0 Å². The van der Waals surface area contributed by atoms with E-state index in [0.29, 0.717) is 5.56 Å². The first-order valence-corrected chi connectivity index (χ1v) is 5.33. The maximum absolute atomic E-state index is 11.5. The average molecular weight is 253 g/mol. The Kier molecular flexibility index (Phi) is 5.13. The van der Waals surface area contributed by atoms with Crippen LogP contribution in [0.3, 0.4) is 0 Å². The van der Waals surface area contributed by atoms with Crippen LogP contribution in [0.15, 0.2) is 24.3 Å².